The molecule has 0 unspecified atom stereocenters. The monoisotopic (exact) mass is 360 g/mol. The zero-order chi connectivity index (χ0) is 15.7. The third-order valence-electron chi connectivity index (χ3n) is 3.14. The van der Waals surface area contributed by atoms with E-state index in [-0.39, 0.29) is 5.95 Å². The number of nitrogen functional groups attached to an aromatic ring is 1. The average molecular weight is 361 g/mol. The van der Waals surface area contributed by atoms with E-state index in [4.69, 9.17) is 10.5 Å². The van der Waals surface area contributed by atoms with E-state index >= 15 is 0 Å². The summed E-state index contributed by atoms with van der Waals surface area (Å²) in [6.45, 7) is 2.07. The van der Waals surface area contributed by atoms with E-state index in [1.165, 1.54) is 0 Å². The van der Waals surface area contributed by atoms with E-state index < -0.39 is 5.97 Å². The summed E-state index contributed by atoms with van der Waals surface area (Å²) >= 11 is 3.44. The smallest absolute Gasteiger partial charge is 0.355 e. The van der Waals surface area contributed by atoms with Crippen molar-refractivity contribution in [1.82, 2.24) is 14.5 Å². The average Bonchev–Trinajstić information content (AvgIpc) is 2.86. The zero-order valence-electron chi connectivity index (χ0n) is 11.8. The number of esters is 1. The minimum Gasteiger partial charge on any atom is -0.461 e. The van der Waals surface area contributed by atoms with Gasteiger partial charge in [0, 0.05) is 16.1 Å². The molecule has 0 aliphatic carbocycles. The molecule has 0 fully saturated rings. The number of anilines is 1. The number of carbonyl (C=O) groups excluding carboxylic acids is 1. The van der Waals surface area contributed by atoms with Crippen molar-refractivity contribution >= 4 is 38.8 Å². The van der Waals surface area contributed by atoms with Gasteiger partial charge in [-0.2, -0.15) is 4.98 Å². The van der Waals surface area contributed by atoms with Gasteiger partial charge in [0.25, 0.3) is 0 Å². The van der Waals surface area contributed by atoms with E-state index in [2.05, 4.69) is 25.9 Å². The van der Waals surface area contributed by atoms with Crippen molar-refractivity contribution < 1.29 is 9.53 Å². The molecule has 0 saturated heterocycles. The van der Waals surface area contributed by atoms with Crippen LogP contribution in [0, 0.1) is 0 Å². The molecule has 0 aliphatic rings. The van der Waals surface area contributed by atoms with Crippen LogP contribution in [0.5, 0.6) is 0 Å². The van der Waals surface area contributed by atoms with Crippen molar-refractivity contribution in [2.45, 2.75) is 6.92 Å². The molecule has 0 atom stereocenters. The van der Waals surface area contributed by atoms with Gasteiger partial charge in [0.1, 0.15) is 11.5 Å². The minimum absolute atomic E-state index is 0.143. The molecule has 7 heteroatoms. The maximum Gasteiger partial charge on any atom is 0.355 e. The van der Waals surface area contributed by atoms with Crippen LogP contribution >= 0.6 is 15.9 Å². The van der Waals surface area contributed by atoms with E-state index in [9.17, 15) is 4.79 Å². The standard InChI is InChI=1S/C15H13BrN4O2/c1-2-22-14(21)12-7-9-3-4-10(16)8-11(9)20(12)13-5-6-18-15(17)19-13/h3-8H,2H2,1H3,(H2,17,18,19). The van der Waals surface area contributed by atoms with Gasteiger partial charge in [-0.15, -0.1) is 0 Å². The minimum atomic E-state index is -0.410. The van der Waals surface area contributed by atoms with Crippen LogP contribution in [0.25, 0.3) is 16.7 Å². The van der Waals surface area contributed by atoms with Gasteiger partial charge in [-0.05, 0) is 31.2 Å². The van der Waals surface area contributed by atoms with Crippen molar-refractivity contribution in [2.24, 2.45) is 0 Å². The van der Waals surface area contributed by atoms with Crippen molar-refractivity contribution in [2.75, 3.05) is 12.3 Å². The molecular formula is C15H13BrN4O2. The number of hydrogen-bond donors (Lipinski definition) is 1. The summed E-state index contributed by atoms with van der Waals surface area (Å²) < 4.78 is 7.75. The maximum absolute atomic E-state index is 12.2. The Morgan fingerprint density at radius 1 is 1.36 bits per heavy atom. The number of hydrogen-bond acceptors (Lipinski definition) is 5. The number of carbonyl (C=O) groups is 1. The Kier molecular flexibility index (Phi) is 3.81. The predicted molar refractivity (Wildman–Crippen MR) is 86.9 cm³/mol. The van der Waals surface area contributed by atoms with Crippen molar-refractivity contribution in [3.8, 4) is 5.82 Å². The number of nitrogens with zero attached hydrogens (tertiary/aromatic N) is 3. The van der Waals surface area contributed by atoms with Crippen molar-refractivity contribution in [3.05, 3.63) is 46.7 Å². The fourth-order valence-corrected chi connectivity index (χ4v) is 2.61. The lowest BCUT2D eigenvalue weighted by molar-refractivity contribution is 0.0517. The van der Waals surface area contributed by atoms with Crippen LogP contribution in [0.15, 0.2) is 41.0 Å². The highest BCUT2D eigenvalue weighted by Crippen LogP contribution is 2.27. The molecule has 3 rings (SSSR count). The molecule has 0 saturated carbocycles. The highest BCUT2D eigenvalue weighted by Gasteiger charge is 2.19. The van der Waals surface area contributed by atoms with Crippen LogP contribution < -0.4 is 5.73 Å². The van der Waals surface area contributed by atoms with Gasteiger partial charge in [-0.25, -0.2) is 9.78 Å². The molecular weight excluding hydrogens is 348 g/mol. The molecule has 0 radical (unpaired) electrons. The van der Waals surface area contributed by atoms with Gasteiger partial charge in [-0.3, -0.25) is 4.57 Å². The molecule has 2 N–H and O–H groups in total. The van der Waals surface area contributed by atoms with E-state index in [0.717, 1.165) is 15.4 Å². The Morgan fingerprint density at radius 3 is 2.91 bits per heavy atom. The highest BCUT2D eigenvalue weighted by atomic mass is 79.9. The SMILES string of the molecule is CCOC(=O)c1cc2ccc(Br)cc2n1-c1ccnc(N)n1. The lowest BCUT2D eigenvalue weighted by Crippen LogP contribution is -2.12. The number of aromatic nitrogens is 3. The summed E-state index contributed by atoms with van der Waals surface area (Å²) in [6, 6.07) is 9.22. The van der Waals surface area contributed by atoms with E-state index in [0.29, 0.717) is 18.1 Å². The Morgan fingerprint density at radius 2 is 2.18 bits per heavy atom. The molecule has 0 amide bonds. The molecule has 2 aromatic heterocycles. The Balaban J connectivity index is 2.30. The van der Waals surface area contributed by atoms with Gasteiger partial charge in [0.2, 0.25) is 5.95 Å². The van der Waals surface area contributed by atoms with Crippen LogP contribution in [-0.2, 0) is 4.74 Å². The second-order valence-corrected chi connectivity index (χ2v) is 5.48. The number of ether oxygens (including phenoxy) is 1. The molecule has 0 spiro atoms. The van der Waals surface area contributed by atoms with Crippen LogP contribution in [-0.4, -0.2) is 27.1 Å². The molecule has 22 heavy (non-hydrogen) atoms. The van der Waals surface area contributed by atoms with E-state index in [1.807, 2.05) is 18.2 Å². The fraction of sp³-hybridized carbons (Fsp3) is 0.133. The molecule has 3 aromatic rings. The molecule has 1 aromatic carbocycles. The first-order valence-corrected chi connectivity index (χ1v) is 7.46. The quantitative estimate of drug-likeness (QED) is 0.726. The van der Waals surface area contributed by atoms with Crippen LogP contribution in [0.1, 0.15) is 17.4 Å². The number of benzene rings is 1. The van der Waals surface area contributed by atoms with Crippen molar-refractivity contribution in [3.63, 3.8) is 0 Å². The highest BCUT2D eigenvalue weighted by molar-refractivity contribution is 9.10. The predicted octanol–water partition coefficient (Wildman–Crippen LogP) is 2.94. The number of halogens is 1. The van der Waals surface area contributed by atoms with Gasteiger partial charge in [-0.1, -0.05) is 22.0 Å². The lowest BCUT2D eigenvalue weighted by Gasteiger charge is -2.09. The first-order valence-electron chi connectivity index (χ1n) is 6.67. The largest absolute Gasteiger partial charge is 0.461 e. The van der Waals surface area contributed by atoms with E-state index in [1.54, 1.807) is 29.8 Å². The molecule has 0 aliphatic heterocycles. The normalized spacial score (nSPS) is 10.8. The number of fused-ring (bicyclic) bond motifs is 1. The van der Waals surface area contributed by atoms with Gasteiger partial charge in [0.15, 0.2) is 0 Å². The second-order valence-electron chi connectivity index (χ2n) is 4.56. The summed E-state index contributed by atoms with van der Waals surface area (Å²) in [5.41, 5.74) is 6.89. The Bertz CT molecular complexity index is 860. The fourth-order valence-electron chi connectivity index (χ4n) is 2.26. The topological polar surface area (TPSA) is 83.0 Å². The summed E-state index contributed by atoms with van der Waals surface area (Å²) in [5.74, 6) is 0.250. The molecule has 112 valence electrons. The van der Waals surface area contributed by atoms with Crippen molar-refractivity contribution in [1.29, 1.82) is 0 Å². The Hall–Kier alpha value is -2.41. The van der Waals surface area contributed by atoms with Crippen LogP contribution in [0.3, 0.4) is 0 Å². The first kappa shape index (κ1) is 14.5. The van der Waals surface area contributed by atoms with Gasteiger partial charge >= 0.3 is 5.97 Å². The van der Waals surface area contributed by atoms with Gasteiger partial charge in [0.05, 0.1) is 12.1 Å². The zero-order valence-corrected chi connectivity index (χ0v) is 13.4. The number of nitrogens with two attached hydrogens (primary N) is 1. The molecule has 2 heterocycles. The summed E-state index contributed by atoms with van der Waals surface area (Å²) in [5, 5.41) is 0.906. The second kappa shape index (κ2) is 5.76. The van der Waals surface area contributed by atoms with Crippen LogP contribution in [0.2, 0.25) is 0 Å². The van der Waals surface area contributed by atoms with Gasteiger partial charge < -0.3 is 10.5 Å². The summed E-state index contributed by atoms with van der Waals surface area (Å²) in [4.78, 5) is 20.3. The Labute approximate surface area is 135 Å². The first-order chi connectivity index (χ1) is 10.6. The third kappa shape index (κ3) is 2.55. The molecule has 0 bridgehead atoms. The molecule has 6 nitrogen and oxygen atoms in total. The summed E-state index contributed by atoms with van der Waals surface area (Å²) in [7, 11) is 0. The lowest BCUT2D eigenvalue weighted by atomic mass is 10.2. The van der Waals surface area contributed by atoms with Crippen LogP contribution in [0.4, 0.5) is 5.95 Å². The third-order valence-corrected chi connectivity index (χ3v) is 3.63. The number of rotatable bonds is 3. The maximum atomic E-state index is 12.2. The summed E-state index contributed by atoms with van der Waals surface area (Å²) in [6.07, 6.45) is 1.55.